The zero-order valence-electron chi connectivity index (χ0n) is 17.3. The fraction of sp³-hybridized carbons (Fsp3) is 0.778. The number of hydrogen-bond donors (Lipinski definition) is 4. The Bertz CT molecular complexity index is 536. The summed E-state index contributed by atoms with van der Waals surface area (Å²) in [5.74, 6) is -2.40. The topological polar surface area (TPSA) is 128 Å². The molecule has 0 bridgehead atoms. The highest BCUT2D eigenvalue weighted by molar-refractivity contribution is 5.92. The van der Waals surface area contributed by atoms with Crippen molar-refractivity contribution >= 4 is 23.7 Å². The van der Waals surface area contributed by atoms with Gasteiger partial charge in [-0.15, -0.1) is 0 Å². The predicted molar refractivity (Wildman–Crippen MR) is 102 cm³/mol. The number of aliphatic carboxylic acids is 1. The quantitative estimate of drug-likeness (QED) is 0.390. The first-order valence-corrected chi connectivity index (χ1v) is 9.16. The molecule has 0 aromatic rings. The van der Waals surface area contributed by atoms with Gasteiger partial charge in [0.2, 0.25) is 17.7 Å². The van der Waals surface area contributed by atoms with Crippen LogP contribution in [0.2, 0.25) is 0 Å². The number of amides is 3. The van der Waals surface area contributed by atoms with Crippen LogP contribution in [-0.4, -0.2) is 72.5 Å². The number of carboxylic acid groups (broad SMARTS) is 1. The van der Waals surface area contributed by atoms with Gasteiger partial charge in [-0.2, -0.15) is 0 Å². The lowest BCUT2D eigenvalue weighted by Crippen LogP contribution is -2.54. The van der Waals surface area contributed by atoms with E-state index in [1.165, 1.54) is 11.9 Å². The van der Waals surface area contributed by atoms with Gasteiger partial charge in [0.15, 0.2) is 0 Å². The molecule has 0 spiro atoms. The summed E-state index contributed by atoms with van der Waals surface area (Å²) in [6.45, 7) is 8.58. The smallest absolute Gasteiger partial charge is 0.326 e. The second-order valence-corrected chi connectivity index (χ2v) is 7.44. The van der Waals surface area contributed by atoms with E-state index in [2.05, 4.69) is 16.0 Å². The first kappa shape index (κ1) is 24.8. The van der Waals surface area contributed by atoms with E-state index in [1.807, 2.05) is 13.8 Å². The van der Waals surface area contributed by atoms with Crippen molar-refractivity contribution in [2.45, 2.75) is 59.2 Å². The van der Waals surface area contributed by atoms with E-state index in [0.717, 1.165) is 0 Å². The molecule has 27 heavy (non-hydrogen) atoms. The molecule has 0 aliphatic carbocycles. The summed E-state index contributed by atoms with van der Waals surface area (Å²) in [6.07, 6.45) is 0.641. The minimum absolute atomic E-state index is 0.205. The van der Waals surface area contributed by atoms with E-state index in [0.29, 0.717) is 12.3 Å². The van der Waals surface area contributed by atoms with Crippen LogP contribution in [0.5, 0.6) is 0 Å². The maximum atomic E-state index is 12.5. The van der Waals surface area contributed by atoms with Crippen molar-refractivity contribution in [3.63, 3.8) is 0 Å². The zero-order chi connectivity index (χ0) is 21.3. The van der Waals surface area contributed by atoms with Gasteiger partial charge in [-0.25, -0.2) is 4.79 Å². The van der Waals surface area contributed by atoms with Gasteiger partial charge in [-0.1, -0.05) is 27.7 Å². The third-order valence-electron chi connectivity index (χ3n) is 4.33. The Kier molecular flexibility index (Phi) is 10.6. The molecular weight excluding hydrogens is 352 g/mol. The van der Waals surface area contributed by atoms with Gasteiger partial charge in [0.1, 0.15) is 12.1 Å². The second-order valence-electron chi connectivity index (χ2n) is 7.44. The molecular formula is C18H34N4O5. The number of hydrogen-bond acceptors (Lipinski definition) is 5. The number of carboxylic acids is 1. The lowest BCUT2D eigenvalue weighted by Gasteiger charge is -2.29. The monoisotopic (exact) mass is 386 g/mol. The van der Waals surface area contributed by atoms with Crippen LogP contribution in [0.1, 0.15) is 41.0 Å². The molecule has 9 nitrogen and oxygen atoms in total. The van der Waals surface area contributed by atoms with E-state index in [1.54, 1.807) is 27.8 Å². The Morgan fingerprint density at radius 2 is 1.59 bits per heavy atom. The van der Waals surface area contributed by atoms with Gasteiger partial charge in [-0.05, 0) is 32.2 Å². The van der Waals surface area contributed by atoms with Gasteiger partial charge in [0.05, 0.1) is 12.6 Å². The molecule has 0 aromatic carbocycles. The van der Waals surface area contributed by atoms with E-state index in [-0.39, 0.29) is 18.4 Å². The maximum Gasteiger partial charge on any atom is 0.326 e. The highest BCUT2D eigenvalue weighted by Gasteiger charge is 2.28. The van der Waals surface area contributed by atoms with E-state index >= 15 is 0 Å². The Hall–Kier alpha value is -2.16. The molecule has 0 saturated carbocycles. The van der Waals surface area contributed by atoms with Crippen molar-refractivity contribution in [2.75, 3.05) is 20.6 Å². The SMILES string of the molecule is CN[C@@H](CC(C)C)C(=O)N(C)[C@@H](C)C(=O)NCC(=O)N[C@H](C(=O)O)C(C)C. The summed E-state index contributed by atoms with van der Waals surface area (Å²) in [7, 11) is 3.23. The largest absolute Gasteiger partial charge is 0.480 e. The fourth-order valence-corrected chi connectivity index (χ4v) is 2.48. The molecule has 3 amide bonds. The van der Waals surface area contributed by atoms with Gasteiger partial charge in [-0.3, -0.25) is 14.4 Å². The molecule has 0 fully saturated rings. The summed E-state index contributed by atoms with van der Waals surface area (Å²) < 4.78 is 0. The zero-order valence-corrected chi connectivity index (χ0v) is 17.3. The molecule has 0 unspecified atom stereocenters. The molecule has 9 heteroatoms. The Morgan fingerprint density at radius 3 is 2.00 bits per heavy atom. The first-order chi connectivity index (χ1) is 12.4. The van der Waals surface area contributed by atoms with Crippen LogP contribution in [0.15, 0.2) is 0 Å². The number of rotatable bonds is 11. The van der Waals surface area contributed by atoms with E-state index in [4.69, 9.17) is 5.11 Å². The Balaban J connectivity index is 4.70. The highest BCUT2D eigenvalue weighted by Crippen LogP contribution is 2.09. The number of nitrogens with zero attached hydrogens (tertiary/aromatic N) is 1. The molecule has 0 aliphatic rings. The molecule has 0 saturated heterocycles. The van der Waals surface area contributed by atoms with Crippen LogP contribution in [0.25, 0.3) is 0 Å². The third kappa shape index (κ3) is 8.38. The molecule has 0 heterocycles. The minimum Gasteiger partial charge on any atom is -0.480 e. The predicted octanol–water partition coefficient (Wildman–Crippen LogP) is -0.191. The molecule has 0 aromatic heterocycles. The van der Waals surface area contributed by atoms with Crippen molar-refractivity contribution in [3.8, 4) is 0 Å². The summed E-state index contributed by atoms with van der Waals surface area (Å²) >= 11 is 0. The lowest BCUT2D eigenvalue weighted by atomic mass is 10.0. The minimum atomic E-state index is -1.13. The van der Waals surface area contributed by atoms with Crippen LogP contribution in [0, 0.1) is 11.8 Å². The average Bonchev–Trinajstić information content (AvgIpc) is 2.59. The van der Waals surface area contributed by atoms with E-state index in [9.17, 15) is 19.2 Å². The summed E-state index contributed by atoms with van der Waals surface area (Å²) in [4.78, 5) is 49.1. The molecule has 4 N–H and O–H groups in total. The molecule has 0 rings (SSSR count). The van der Waals surface area contributed by atoms with E-state index < -0.39 is 35.9 Å². The number of likely N-dealkylation sites (N-methyl/N-ethyl adjacent to an activating group) is 2. The van der Waals surface area contributed by atoms with Crippen LogP contribution in [0.3, 0.4) is 0 Å². The van der Waals surface area contributed by atoms with Crippen molar-refractivity contribution in [2.24, 2.45) is 11.8 Å². The number of carbonyl (C=O) groups excluding carboxylic acids is 3. The highest BCUT2D eigenvalue weighted by atomic mass is 16.4. The molecule has 3 atom stereocenters. The summed E-state index contributed by atoms with van der Waals surface area (Å²) in [6, 6.07) is -2.19. The van der Waals surface area contributed by atoms with Crippen LogP contribution in [-0.2, 0) is 19.2 Å². The van der Waals surface area contributed by atoms with Crippen LogP contribution in [0.4, 0.5) is 0 Å². The Labute approximate surface area is 161 Å². The van der Waals surface area contributed by atoms with Crippen molar-refractivity contribution in [1.82, 2.24) is 20.9 Å². The van der Waals surface area contributed by atoms with Gasteiger partial charge < -0.3 is 26.0 Å². The molecule has 0 radical (unpaired) electrons. The fourth-order valence-electron chi connectivity index (χ4n) is 2.48. The van der Waals surface area contributed by atoms with Crippen molar-refractivity contribution in [1.29, 1.82) is 0 Å². The third-order valence-corrected chi connectivity index (χ3v) is 4.33. The number of nitrogens with one attached hydrogen (secondary N) is 3. The Morgan fingerprint density at radius 1 is 1.04 bits per heavy atom. The normalized spacial score (nSPS) is 14.4. The van der Waals surface area contributed by atoms with Crippen LogP contribution >= 0.6 is 0 Å². The number of carbonyl (C=O) groups is 4. The van der Waals surface area contributed by atoms with Gasteiger partial charge in [0, 0.05) is 7.05 Å². The second kappa shape index (κ2) is 11.5. The molecule has 156 valence electrons. The van der Waals surface area contributed by atoms with Gasteiger partial charge in [0.25, 0.3) is 0 Å². The average molecular weight is 386 g/mol. The first-order valence-electron chi connectivity index (χ1n) is 9.16. The summed E-state index contributed by atoms with van der Waals surface area (Å²) in [5, 5.41) is 16.8. The molecule has 0 aliphatic heterocycles. The summed E-state index contributed by atoms with van der Waals surface area (Å²) in [5.41, 5.74) is 0. The lowest BCUT2D eigenvalue weighted by molar-refractivity contribution is -0.143. The van der Waals surface area contributed by atoms with Crippen LogP contribution < -0.4 is 16.0 Å². The van der Waals surface area contributed by atoms with Gasteiger partial charge >= 0.3 is 5.97 Å². The maximum absolute atomic E-state index is 12.5. The standard InChI is InChI=1S/C18H34N4O5/c1-10(2)8-13(19-6)17(25)22(7)12(5)16(24)20-9-14(23)21-15(11(3)4)18(26)27/h10-13,15,19H,8-9H2,1-7H3,(H,20,24)(H,21,23)(H,26,27)/t12-,13-,15-/m0/s1. The van der Waals surface area contributed by atoms with Crippen molar-refractivity contribution < 1.29 is 24.3 Å². The van der Waals surface area contributed by atoms with Crippen molar-refractivity contribution in [3.05, 3.63) is 0 Å².